The predicted octanol–water partition coefficient (Wildman–Crippen LogP) is 2.78. The maximum absolute atomic E-state index is 13.4. The number of fused-ring (bicyclic) bond motifs is 1. The van der Waals surface area contributed by atoms with Crippen molar-refractivity contribution in [1.82, 2.24) is 10.2 Å². The molecule has 3 N–H and O–H groups in total. The number of nitrogens with zero attached hydrogens (tertiary/aromatic N) is 2. The monoisotopic (exact) mass is 486 g/mol. The Balaban J connectivity index is 1.50. The minimum Gasteiger partial charge on any atom is -0.497 e. The van der Waals surface area contributed by atoms with Gasteiger partial charge in [-0.1, -0.05) is 0 Å². The Hall–Kier alpha value is -2.81. The standard InChI is InChI=1S/C26H38N4O5/c1-25(2)14-22(31)30(24(27)29-25)20(9-10-33-5)17-12-18(17)23(32)28-19-13-26(3,4)35-21-11-15(34-6)7-8-16(19)21/h7-8,11,17-20H,9-10,12-14H2,1-6H3,(H2,27,29)(H,28,32)/t17-,18-,19-,20+/m0/s1. The van der Waals surface area contributed by atoms with Crippen molar-refractivity contribution in [1.29, 1.82) is 0 Å². The third-order valence-electron chi connectivity index (χ3n) is 7.13. The molecule has 1 aliphatic carbocycles. The second-order valence-electron chi connectivity index (χ2n) is 11.1. The minimum absolute atomic E-state index is 0.00671. The number of nitrogens with two attached hydrogens (primary N) is 1. The number of aliphatic imine (C=N–C) groups is 1. The lowest BCUT2D eigenvalue weighted by Crippen LogP contribution is -2.55. The molecule has 1 aromatic rings. The van der Waals surface area contributed by atoms with Gasteiger partial charge in [-0.2, -0.15) is 0 Å². The molecule has 0 spiro atoms. The second-order valence-corrected chi connectivity index (χ2v) is 11.1. The van der Waals surface area contributed by atoms with Crippen LogP contribution in [0.3, 0.4) is 0 Å². The number of rotatable bonds is 8. The van der Waals surface area contributed by atoms with Gasteiger partial charge in [-0.3, -0.25) is 14.5 Å². The van der Waals surface area contributed by atoms with Gasteiger partial charge >= 0.3 is 0 Å². The average Bonchev–Trinajstić information content (AvgIpc) is 3.54. The molecule has 1 aromatic carbocycles. The maximum Gasteiger partial charge on any atom is 0.231 e. The number of ether oxygens (including phenoxy) is 3. The summed E-state index contributed by atoms with van der Waals surface area (Å²) in [4.78, 5) is 32.5. The maximum atomic E-state index is 13.4. The van der Waals surface area contributed by atoms with E-state index in [1.165, 1.54) is 0 Å². The summed E-state index contributed by atoms with van der Waals surface area (Å²) in [5.74, 6) is 1.41. The van der Waals surface area contributed by atoms with Gasteiger partial charge in [-0.15, -0.1) is 0 Å². The van der Waals surface area contributed by atoms with Crippen molar-refractivity contribution in [2.75, 3.05) is 20.8 Å². The van der Waals surface area contributed by atoms with Crippen LogP contribution < -0.4 is 20.5 Å². The molecule has 1 saturated carbocycles. The molecule has 192 valence electrons. The van der Waals surface area contributed by atoms with Gasteiger partial charge in [0.1, 0.15) is 17.1 Å². The van der Waals surface area contributed by atoms with Crippen molar-refractivity contribution in [3.63, 3.8) is 0 Å². The van der Waals surface area contributed by atoms with Crippen LogP contribution in [0.1, 0.15) is 65.0 Å². The fourth-order valence-electron chi connectivity index (χ4n) is 5.42. The molecule has 3 aliphatic rings. The lowest BCUT2D eigenvalue weighted by molar-refractivity contribution is -0.132. The first kappa shape index (κ1) is 25.3. The summed E-state index contributed by atoms with van der Waals surface area (Å²) in [5, 5.41) is 3.25. The number of nitrogens with one attached hydrogen (secondary N) is 1. The van der Waals surface area contributed by atoms with Crippen LogP contribution in [0.5, 0.6) is 11.5 Å². The number of amides is 2. The number of carbonyl (C=O) groups excluding carboxylic acids is 2. The normalized spacial score (nSPS) is 27.3. The zero-order chi connectivity index (χ0) is 25.5. The van der Waals surface area contributed by atoms with E-state index in [2.05, 4.69) is 10.3 Å². The molecule has 9 nitrogen and oxygen atoms in total. The number of guanidine groups is 1. The van der Waals surface area contributed by atoms with Crippen LogP contribution in [-0.2, 0) is 14.3 Å². The van der Waals surface area contributed by atoms with Crippen LogP contribution in [0.25, 0.3) is 0 Å². The SMILES string of the molecule is COCC[C@H]([C@H]1C[C@@H]1C(=O)N[C@H]1CC(C)(C)Oc2cc(OC)ccc21)N1C(=O)CC(C)(C)N=C1N. The molecule has 2 amide bonds. The van der Waals surface area contributed by atoms with Crippen LogP contribution in [0.15, 0.2) is 23.2 Å². The van der Waals surface area contributed by atoms with Crippen molar-refractivity contribution in [2.24, 2.45) is 22.6 Å². The Morgan fingerprint density at radius 2 is 2.06 bits per heavy atom. The zero-order valence-electron chi connectivity index (χ0n) is 21.6. The molecule has 2 aliphatic heterocycles. The number of benzene rings is 1. The summed E-state index contributed by atoms with van der Waals surface area (Å²) in [5.41, 5.74) is 6.24. The topological polar surface area (TPSA) is 115 Å². The highest BCUT2D eigenvalue weighted by Gasteiger charge is 2.52. The highest BCUT2D eigenvalue weighted by Crippen LogP contribution is 2.47. The van der Waals surface area contributed by atoms with Crippen LogP contribution >= 0.6 is 0 Å². The van der Waals surface area contributed by atoms with Gasteiger partial charge in [0.05, 0.1) is 25.1 Å². The molecule has 9 heteroatoms. The molecule has 4 rings (SSSR count). The Bertz CT molecular complexity index is 1020. The fraction of sp³-hybridized carbons (Fsp3) is 0.654. The van der Waals surface area contributed by atoms with Gasteiger partial charge in [-0.05, 0) is 58.6 Å². The van der Waals surface area contributed by atoms with Gasteiger partial charge in [-0.25, -0.2) is 4.99 Å². The Morgan fingerprint density at radius 1 is 1.31 bits per heavy atom. The van der Waals surface area contributed by atoms with Gasteiger partial charge < -0.3 is 25.3 Å². The molecule has 4 atom stereocenters. The summed E-state index contributed by atoms with van der Waals surface area (Å²) in [6, 6.07) is 5.30. The van der Waals surface area contributed by atoms with E-state index in [1.54, 1.807) is 19.1 Å². The first-order valence-electron chi connectivity index (χ1n) is 12.3. The van der Waals surface area contributed by atoms with E-state index in [-0.39, 0.29) is 48.1 Å². The Kier molecular flexibility index (Phi) is 6.74. The molecule has 0 saturated heterocycles. The van der Waals surface area contributed by atoms with Crippen LogP contribution in [0.2, 0.25) is 0 Å². The second kappa shape index (κ2) is 9.33. The molecule has 0 radical (unpaired) electrons. The third kappa shape index (κ3) is 5.39. The molecule has 2 heterocycles. The van der Waals surface area contributed by atoms with Crippen LogP contribution in [0.4, 0.5) is 0 Å². The van der Waals surface area contributed by atoms with E-state index >= 15 is 0 Å². The van der Waals surface area contributed by atoms with Crippen molar-refractivity contribution in [2.45, 2.75) is 76.6 Å². The van der Waals surface area contributed by atoms with Gasteiger partial charge in [0.2, 0.25) is 11.8 Å². The highest BCUT2D eigenvalue weighted by molar-refractivity contribution is 5.99. The summed E-state index contributed by atoms with van der Waals surface area (Å²) in [6.07, 6.45) is 2.24. The lowest BCUT2D eigenvalue weighted by atomic mass is 9.89. The number of methoxy groups -OCH3 is 2. The smallest absolute Gasteiger partial charge is 0.231 e. The highest BCUT2D eigenvalue weighted by atomic mass is 16.5. The molecule has 35 heavy (non-hydrogen) atoms. The van der Waals surface area contributed by atoms with Crippen molar-refractivity contribution < 1.29 is 23.8 Å². The van der Waals surface area contributed by atoms with E-state index in [1.807, 2.05) is 45.9 Å². The zero-order valence-corrected chi connectivity index (χ0v) is 21.6. The molecular weight excluding hydrogens is 448 g/mol. The van der Waals surface area contributed by atoms with Gasteiger partial charge in [0.25, 0.3) is 0 Å². The molecular formula is C26H38N4O5. The fourth-order valence-corrected chi connectivity index (χ4v) is 5.42. The molecule has 0 aromatic heterocycles. The molecule has 0 unspecified atom stereocenters. The Labute approximate surface area is 207 Å². The summed E-state index contributed by atoms with van der Waals surface area (Å²) in [6.45, 7) is 8.30. The number of carbonyl (C=O) groups is 2. The summed E-state index contributed by atoms with van der Waals surface area (Å²) >= 11 is 0. The van der Waals surface area contributed by atoms with Crippen molar-refractivity contribution in [3.8, 4) is 11.5 Å². The first-order chi connectivity index (χ1) is 16.4. The largest absolute Gasteiger partial charge is 0.497 e. The summed E-state index contributed by atoms with van der Waals surface area (Å²) < 4.78 is 16.8. The number of hydrogen-bond donors (Lipinski definition) is 2. The van der Waals surface area contributed by atoms with Crippen LogP contribution in [0, 0.1) is 11.8 Å². The van der Waals surface area contributed by atoms with E-state index in [4.69, 9.17) is 19.9 Å². The molecule has 1 fully saturated rings. The molecule has 0 bridgehead atoms. The predicted molar refractivity (Wildman–Crippen MR) is 132 cm³/mol. The average molecular weight is 487 g/mol. The quantitative estimate of drug-likeness (QED) is 0.584. The lowest BCUT2D eigenvalue weighted by Gasteiger charge is -2.38. The summed E-state index contributed by atoms with van der Waals surface area (Å²) in [7, 11) is 3.25. The third-order valence-corrected chi connectivity index (χ3v) is 7.13. The first-order valence-corrected chi connectivity index (χ1v) is 12.3. The minimum atomic E-state index is -0.518. The van der Waals surface area contributed by atoms with E-state index in [0.29, 0.717) is 31.6 Å². The van der Waals surface area contributed by atoms with Crippen molar-refractivity contribution >= 4 is 17.8 Å². The van der Waals surface area contributed by atoms with E-state index < -0.39 is 11.1 Å². The number of hydrogen-bond acceptors (Lipinski definition) is 7. The van der Waals surface area contributed by atoms with Gasteiger partial charge in [0, 0.05) is 43.7 Å². The Morgan fingerprint density at radius 3 is 2.71 bits per heavy atom. The van der Waals surface area contributed by atoms with Crippen LogP contribution in [-0.4, -0.2) is 60.7 Å². The van der Waals surface area contributed by atoms with Crippen molar-refractivity contribution in [3.05, 3.63) is 23.8 Å². The van der Waals surface area contributed by atoms with Gasteiger partial charge in [0.15, 0.2) is 5.96 Å². The van der Waals surface area contributed by atoms with E-state index in [9.17, 15) is 9.59 Å². The van der Waals surface area contributed by atoms with E-state index in [0.717, 1.165) is 11.3 Å².